The standard InChI is InChI=1S/C56H81ClO6SSi3/c1-40(42(3)62-67(55(7,8)9,45-28-22-18-23-29-45)46-30-24-19-25-31-46)32-33-49(63-66(15,16)54(4,5)6)52-48(60-56(10,11)61-52)34-35-50(64-44-26-20-17-21-27-44)47-39-43(57)38-41(2)51(47)53(58)59-36-37-65(12,13)14/h17-33,38-40,42,48-50,52H,34-37H2,1-16H3/b33-32-/t40-,42+,48+,49?,50?,52+/m1/s1. The molecule has 0 spiro atoms. The summed E-state index contributed by atoms with van der Waals surface area (Å²) in [6, 6.07) is 36.8. The molecule has 366 valence electrons. The molecule has 2 unspecified atom stereocenters. The van der Waals surface area contributed by atoms with Gasteiger partial charge in [-0.05, 0) is 121 Å². The normalized spacial score (nSPS) is 19.0. The fourth-order valence-electron chi connectivity index (χ4n) is 8.70. The van der Waals surface area contributed by atoms with Gasteiger partial charge in [0.15, 0.2) is 14.1 Å². The summed E-state index contributed by atoms with van der Waals surface area (Å²) in [5.74, 6) is -1.10. The summed E-state index contributed by atoms with van der Waals surface area (Å²) >= 11 is 8.58. The molecule has 0 N–H and O–H groups in total. The maximum atomic E-state index is 14.1. The van der Waals surface area contributed by atoms with Gasteiger partial charge in [0, 0.05) is 29.3 Å². The molecule has 0 bridgehead atoms. The van der Waals surface area contributed by atoms with Crippen molar-refractivity contribution in [2.45, 2.75) is 178 Å². The van der Waals surface area contributed by atoms with Crippen LogP contribution in [0.3, 0.4) is 0 Å². The Morgan fingerprint density at radius 2 is 1.34 bits per heavy atom. The van der Waals surface area contributed by atoms with Gasteiger partial charge >= 0.3 is 5.97 Å². The highest BCUT2D eigenvalue weighted by Crippen LogP contribution is 2.46. The van der Waals surface area contributed by atoms with Crippen LogP contribution in [-0.4, -0.2) is 67.5 Å². The van der Waals surface area contributed by atoms with Crippen LogP contribution in [0.25, 0.3) is 0 Å². The van der Waals surface area contributed by atoms with E-state index < -0.39 is 36.6 Å². The van der Waals surface area contributed by atoms with Crippen molar-refractivity contribution in [2.75, 3.05) is 6.61 Å². The number of thioether (sulfide) groups is 1. The van der Waals surface area contributed by atoms with E-state index >= 15 is 0 Å². The minimum Gasteiger partial charge on any atom is -0.462 e. The van der Waals surface area contributed by atoms with Gasteiger partial charge in [0.1, 0.15) is 6.10 Å². The van der Waals surface area contributed by atoms with Crippen LogP contribution < -0.4 is 10.4 Å². The highest BCUT2D eigenvalue weighted by atomic mass is 35.5. The Balaban J connectivity index is 1.51. The zero-order chi connectivity index (χ0) is 49.6. The molecule has 1 saturated heterocycles. The number of ether oxygens (including phenoxy) is 3. The molecular formula is C56H81ClO6SSi3. The van der Waals surface area contributed by atoms with Crippen molar-refractivity contribution in [3.8, 4) is 0 Å². The van der Waals surface area contributed by atoms with Crippen molar-refractivity contribution in [2.24, 2.45) is 5.92 Å². The first-order valence-corrected chi connectivity index (χ1v) is 34.1. The smallest absolute Gasteiger partial charge is 0.338 e. The fourth-order valence-corrected chi connectivity index (χ4v) is 16.9. The molecule has 0 saturated carbocycles. The van der Waals surface area contributed by atoms with E-state index in [2.05, 4.69) is 185 Å². The molecular weight excluding hydrogens is 920 g/mol. The summed E-state index contributed by atoms with van der Waals surface area (Å²) in [4.78, 5) is 15.2. The van der Waals surface area contributed by atoms with E-state index in [0.717, 1.165) is 22.1 Å². The highest BCUT2D eigenvalue weighted by Gasteiger charge is 2.52. The van der Waals surface area contributed by atoms with E-state index in [1.54, 1.807) is 11.8 Å². The Morgan fingerprint density at radius 1 is 0.791 bits per heavy atom. The third-order valence-corrected chi connectivity index (χ3v) is 26.5. The Labute approximate surface area is 417 Å². The molecule has 1 aliphatic rings. The lowest BCUT2D eigenvalue weighted by Gasteiger charge is -2.45. The summed E-state index contributed by atoms with van der Waals surface area (Å²) in [7, 11) is -6.57. The number of esters is 1. The topological polar surface area (TPSA) is 63.2 Å². The molecule has 11 heteroatoms. The number of benzene rings is 4. The maximum Gasteiger partial charge on any atom is 0.338 e. The Hall–Kier alpha value is -2.78. The fraction of sp³-hybridized carbons (Fsp3) is 0.518. The van der Waals surface area contributed by atoms with E-state index in [-0.39, 0.29) is 45.5 Å². The van der Waals surface area contributed by atoms with Crippen LogP contribution in [0.1, 0.15) is 109 Å². The van der Waals surface area contributed by atoms with Gasteiger partial charge in [-0.15, -0.1) is 11.8 Å². The van der Waals surface area contributed by atoms with Crippen molar-refractivity contribution in [1.82, 2.24) is 0 Å². The molecule has 0 radical (unpaired) electrons. The first kappa shape index (κ1) is 55.2. The molecule has 4 aromatic rings. The van der Waals surface area contributed by atoms with Gasteiger partial charge in [0.2, 0.25) is 0 Å². The highest BCUT2D eigenvalue weighted by molar-refractivity contribution is 7.99. The summed E-state index contributed by atoms with van der Waals surface area (Å²) in [5, 5.41) is 2.79. The molecule has 1 aliphatic heterocycles. The summed E-state index contributed by atoms with van der Waals surface area (Å²) < 4.78 is 34.8. The average molecular weight is 1000 g/mol. The molecule has 4 aromatic carbocycles. The van der Waals surface area contributed by atoms with E-state index in [1.807, 2.05) is 39.0 Å². The Bertz CT molecular complexity index is 2190. The monoisotopic (exact) mass is 1000 g/mol. The SMILES string of the molecule is Cc1cc(Cl)cc(C(CC[C@@H]2OC(C)(C)O[C@@H]2C(/C=C\[C@@H](C)[C@H](C)O[Si](c2ccccc2)(c2ccccc2)C(C)(C)C)O[Si](C)(C)C(C)(C)C)Sc2ccccc2)c1C(=O)OCC[Si](C)(C)C. The quantitative estimate of drug-likeness (QED) is 0.0378. The van der Waals surface area contributed by atoms with Crippen LogP contribution in [0.4, 0.5) is 0 Å². The number of carbonyl (C=O) groups is 1. The zero-order valence-corrected chi connectivity index (χ0v) is 48.1. The van der Waals surface area contributed by atoms with Crippen molar-refractivity contribution in [3.63, 3.8) is 0 Å². The molecule has 1 fully saturated rings. The zero-order valence-electron chi connectivity index (χ0n) is 43.5. The van der Waals surface area contributed by atoms with Crippen LogP contribution in [0.2, 0.25) is 53.9 Å². The van der Waals surface area contributed by atoms with Crippen LogP contribution in [0.15, 0.2) is 120 Å². The van der Waals surface area contributed by atoms with Gasteiger partial charge in [-0.1, -0.05) is 171 Å². The third kappa shape index (κ3) is 14.4. The summed E-state index contributed by atoms with van der Waals surface area (Å²) in [6.07, 6.45) is 4.67. The minimum atomic E-state index is -2.80. The van der Waals surface area contributed by atoms with Crippen molar-refractivity contribution < 1.29 is 27.9 Å². The Kier molecular flexibility index (Phi) is 18.5. The second-order valence-corrected chi connectivity index (χ2v) is 39.2. The van der Waals surface area contributed by atoms with Crippen molar-refractivity contribution in [1.29, 1.82) is 0 Å². The number of hydrogen-bond acceptors (Lipinski definition) is 7. The predicted molar refractivity (Wildman–Crippen MR) is 291 cm³/mol. The van der Waals surface area contributed by atoms with Gasteiger partial charge in [-0.3, -0.25) is 0 Å². The number of carbonyl (C=O) groups excluding carboxylic acids is 1. The van der Waals surface area contributed by atoms with E-state index in [1.165, 1.54) is 10.4 Å². The second kappa shape index (κ2) is 22.5. The lowest BCUT2D eigenvalue weighted by Crippen LogP contribution is -2.67. The first-order chi connectivity index (χ1) is 31.1. The maximum absolute atomic E-state index is 14.1. The van der Waals surface area contributed by atoms with Gasteiger partial charge in [0.25, 0.3) is 8.32 Å². The predicted octanol–water partition coefficient (Wildman–Crippen LogP) is 14.8. The van der Waals surface area contributed by atoms with Crippen LogP contribution in [-0.2, 0) is 23.1 Å². The van der Waals surface area contributed by atoms with Crippen LogP contribution in [0, 0.1) is 12.8 Å². The molecule has 6 atom stereocenters. The lowest BCUT2D eigenvalue weighted by atomic mass is 9.94. The number of aryl methyl sites for hydroxylation is 1. The number of rotatable bonds is 20. The third-order valence-electron chi connectivity index (χ3n) is 13.6. The van der Waals surface area contributed by atoms with Gasteiger partial charge in [-0.2, -0.15) is 0 Å². The minimum absolute atomic E-state index is 0.0441. The van der Waals surface area contributed by atoms with E-state index in [9.17, 15) is 4.79 Å². The Morgan fingerprint density at radius 3 is 1.87 bits per heavy atom. The molecule has 0 aromatic heterocycles. The van der Waals surface area contributed by atoms with Gasteiger partial charge in [0.05, 0.1) is 24.4 Å². The summed E-state index contributed by atoms with van der Waals surface area (Å²) in [5.41, 5.74) is 2.29. The summed E-state index contributed by atoms with van der Waals surface area (Å²) in [6.45, 7) is 36.1. The van der Waals surface area contributed by atoms with E-state index in [0.29, 0.717) is 30.0 Å². The second-order valence-electron chi connectivity index (χ2n) is 22.8. The first-order valence-electron chi connectivity index (χ1n) is 24.3. The van der Waals surface area contributed by atoms with Gasteiger partial charge in [-0.25, -0.2) is 4.79 Å². The molecule has 6 nitrogen and oxygen atoms in total. The lowest BCUT2D eigenvalue weighted by molar-refractivity contribution is -0.152. The van der Waals surface area contributed by atoms with Crippen LogP contribution >= 0.6 is 23.4 Å². The van der Waals surface area contributed by atoms with Crippen molar-refractivity contribution in [3.05, 3.63) is 137 Å². The van der Waals surface area contributed by atoms with Crippen LogP contribution in [0.5, 0.6) is 0 Å². The largest absolute Gasteiger partial charge is 0.462 e. The van der Waals surface area contributed by atoms with E-state index in [4.69, 9.17) is 34.7 Å². The van der Waals surface area contributed by atoms with Crippen molar-refractivity contribution >= 4 is 64.4 Å². The number of halogens is 1. The molecule has 1 heterocycles. The number of hydrogen-bond donors (Lipinski definition) is 0. The molecule has 0 amide bonds. The average Bonchev–Trinajstić information content (AvgIpc) is 3.55. The molecule has 67 heavy (non-hydrogen) atoms. The molecule has 5 rings (SSSR count). The molecule has 0 aliphatic carbocycles. The van der Waals surface area contributed by atoms with Gasteiger partial charge < -0.3 is 23.1 Å².